The summed E-state index contributed by atoms with van der Waals surface area (Å²) in [4.78, 5) is 25.8. The standard InChI is InChI=1S/C16H20N2O2S/c1-21-11-9-16(20)18-10-5-8-14(18)17-15(19)12-13-6-3-2-4-7-13/h2-4,6-7,9,11,14H,5,8,10,12H2,1H3,(H,17,19)/t14-/m1/s1. The van der Waals surface area contributed by atoms with Gasteiger partial charge in [0.15, 0.2) is 0 Å². The first kappa shape index (κ1) is 15.6. The molecule has 1 heterocycles. The molecular formula is C16H20N2O2S. The highest BCUT2D eigenvalue weighted by atomic mass is 32.2. The van der Waals surface area contributed by atoms with Crippen LogP contribution in [0.15, 0.2) is 41.8 Å². The van der Waals surface area contributed by atoms with Gasteiger partial charge in [-0.25, -0.2) is 0 Å². The summed E-state index contributed by atoms with van der Waals surface area (Å²) in [6.45, 7) is 0.702. The summed E-state index contributed by atoms with van der Waals surface area (Å²) in [5.74, 6) is -0.0772. The van der Waals surface area contributed by atoms with Crippen LogP contribution in [0, 0.1) is 0 Å². The Balaban J connectivity index is 1.90. The molecule has 0 bridgehead atoms. The van der Waals surface area contributed by atoms with Crippen molar-refractivity contribution >= 4 is 23.6 Å². The van der Waals surface area contributed by atoms with Crippen molar-refractivity contribution in [2.24, 2.45) is 0 Å². The lowest BCUT2D eigenvalue weighted by molar-refractivity contribution is -0.129. The number of hydrogen-bond donors (Lipinski definition) is 1. The van der Waals surface area contributed by atoms with Gasteiger partial charge in [0.1, 0.15) is 6.17 Å². The Morgan fingerprint density at radius 3 is 2.86 bits per heavy atom. The molecule has 0 aromatic heterocycles. The molecule has 1 aromatic rings. The number of carbonyl (C=O) groups is 2. The number of amides is 2. The van der Waals surface area contributed by atoms with E-state index in [4.69, 9.17) is 0 Å². The molecule has 5 heteroatoms. The molecule has 0 radical (unpaired) electrons. The Labute approximate surface area is 129 Å². The van der Waals surface area contributed by atoms with Crippen molar-refractivity contribution in [1.82, 2.24) is 10.2 Å². The highest BCUT2D eigenvalue weighted by Gasteiger charge is 2.28. The van der Waals surface area contributed by atoms with Crippen LogP contribution in [0.3, 0.4) is 0 Å². The maximum atomic E-state index is 12.1. The van der Waals surface area contributed by atoms with Crippen LogP contribution >= 0.6 is 11.8 Å². The lowest BCUT2D eigenvalue weighted by atomic mass is 10.1. The zero-order valence-electron chi connectivity index (χ0n) is 12.1. The number of nitrogens with zero attached hydrogens (tertiary/aromatic N) is 1. The first-order valence-electron chi connectivity index (χ1n) is 7.04. The van der Waals surface area contributed by atoms with E-state index in [0.29, 0.717) is 13.0 Å². The van der Waals surface area contributed by atoms with Crippen LogP contribution in [0.2, 0.25) is 0 Å². The van der Waals surface area contributed by atoms with Crippen molar-refractivity contribution in [3.05, 3.63) is 47.4 Å². The van der Waals surface area contributed by atoms with E-state index in [1.807, 2.05) is 36.6 Å². The quantitative estimate of drug-likeness (QED) is 0.848. The number of likely N-dealkylation sites (tertiary alicyclic amines) is 1. The molecule has 4 nitrogen and oxygen atoms in total. The van der Waals surface area contributed by atoms with Gasteiger partial charge in [0.2, 0.25) is 11.8 Å². The molecule has 2 rings (SSSR count). The van der Waals surface area contributed by atoms with Crippen LogP contribution in [-0.2, 0) is 16.0 Å². The van der Waals surface area contributed by atoms with Gasteiger partial charge in [-0.05, 0) is 30.1 Å². The minimum absolute atomic E-state index is 0.0353. The molecule has 112 valence electrons. The Morgan fingerprint density at radius 1 is 1.38 bits per heavy atom. The molecule has 0 spiro atoms. The third kappa shape index (κ3) is 4.63. The van der Waals surface area contributed by atoms with Crippen molar-refractivity contribution in [3.8, 4) is 0 Å². The summed E-state index contributed by atoms with van der Waals surface area (Å²) in [7, 11) is 0. The number of thioether (sulfide) groups is 1. The first-order chi connectivity index (χ1) is 10.2. The monoisotopic (exact) mass is 304 g/mol. The van der Waals surface area contributed by atoms with Crippen LogP contribution in [-0.4, -0.2) is 35.7 Å². The average molecular weight is 304 g/mol. The van der Waals surface area contributed by atoms with Gasteiger partial charge >= 0.3 is 0 Å². The molecule has 1 N–H and O–H groups in total. The molecule has 2 amide bonds. The molecular weight excluding hydrogens is 284 g/mol. The fourth-order valence-electron chi connectivity index (χ4n) is 2.42. The predicted molar refractivity (Wildman–Crippen MR) is 85.7 cm³/mol. The number of nitrogens with one attached hydrogen (secondary N) is 1. The number of benzene rings is 1. The fourth-order valence-corrected chi connectivity index (χ4v) is 2.67. The van der Waals surface area contributed by atoms with Crippen LogP contribution in [0.1, 0.15) is 18.4 Å². The second kappa shape index (κ2) is 7.88. The smallest absolute Gasteiger partial charge is 0.248 e. The number of carbonyl (C=O) groups excluding carboxylic acids is 2. The van der Waals surface area contributed by atoms with E-state index in [1.54, 1.807) is 16.4 Å². The molecule has 1 aliphatic rings. The normalized spacial score (nSPS) is 18.1. The third-order valence-corrected chi connectivity index (χ3v) is 3.83. The van der Waals surface area contributed by atoms with Crippen LogP contribution in [0.4, 0.5) is 0 Å². The lowest BCUT2D eigenvalue weighted by Crippen LogP contribution is -2.47. The van der Waals surface area contributed by atoms with Crippen LogP contribution in [0.25, 0.3) is 0 Å². The van der Waals surface area contributed by atoms with E-state index in [-0.39, 0.29) is 18.0 Å². The molecule has 1 aliphatic heterocycles. The van der Waals surface area contributed by atoms with Crippen molar-refractivity contribution in [2.45, 2.75) is 25.4 Å². The molecule has 1 fully saturated rings. The SMILES string of the molecule is CSC=CC(=O)N1CCC[C@@H]1NC(=O)Cc1ccccc1. The second-order valence-corrected chi connectivity index (χ2v) is 5.70. The zero-order valence-corrected chi connectivity index (χ0v) is 12.9. The number of hydrogen-bond acceptors (Lipinski definition) is 3. The van der Waals surface area contributed by atoms with E-state index in [2.05, 4.69) is 5.32 Å². The minimum Gasteiger partial charge on any atom is -0.336 e. The average Bonchev–Trinajstić information content (AvgIpc) is 2.93. The molecule has 0 aliphatic carbocycles. The Kier molecular flexibility index (Phi) is 5.87. The van der Waals surface area contributed by atoms with E-state index in [1.165, 1.54) is 11.8 Å². The maximum Gasteiger partial charge on any atom is 0.248 e. The van der Waals surface area contributed by atoms with Gasteiger partial charge in [-0.2, -0.15) is 0 Å². The molecule has 0 saturated carbocycles. The van der Waals surface area contributed by atoms with Crippen molar-refractivity contribution < 1.29 is 9.59 Å². The Hall–Kier alpha value is -1.75. The van der Waals surface area contributed by atoms with Crippen molar-refractivity contribution in [2.75, 3.05) is 12.8 Å². The molecule has 21 heavy (non-hydrogen) atoms. The van der Waals surface area contributed by atoms with Crippen LogP contribution < -0.4 is 5.32 Å². The molecule has 1 saturated heterocycles. The van der Waals surface area contributed by atoms with E-state index < -0.39 is 0 Å². The van der Waals surface area contributed by atoms with Gasteiger partial charge in [-0.1, -0.05) is 30.3 Å². The van der Waals surface area contributed by atoms with E-state index in [9.17, 15) is 9.59 Å². The lowest BCUT2D eigenvalue weighted by Gasteiger charge is -2.24. The van der Waals surface area contributed by atoms with Crippen molar-refractivity contribution in [1.29, 1.82) is 0 Å². The zero-order chi connectivity index (χ0) is 15.1. The van der Waals surface area contributed by atoms with Gasteiger partial charge in [0.25, 0.3) is 0 Å². The molecule has 0 unspecified atom stereocenters. The Morgan fingerprint density at radius 2 is 2.14 bits per heavy atom. The van der Waals surface area contributed by atoms with Crippen LogP contribution in [0.5, 0.6) is 0 Å². The van der Waals surface area contributed by atoms with Crippen molar-refractivity contribution in [3.63, 3.8) is 0 Å². The maximum absolute atomic E-state index is 12.1. The Bertz CT molecular complexity index is 516. The highest BCUT2D eigenvalue weighted by molar-refractivity contribution is 8.01. The summed E-state index contributed by atoms with van der Waals surface area (Å²) in [6.07, 6.45) is 5.38. The van der Waals surface area contributed by atoms with Gasteiger partial charge in [0.05, 0.1) is 6.42 Å². The molecule has 1 atom stereocenters. The number of rotatable bonds is 5. The summed E-state index contributed by atoms with van der Waals surface area (Å²) in [6, 6.07) is 9.62. The summed E-state index contributed by atoms with van der Waals surface area (Å²) in [5.41, 5.74) is 0.980. The second-order valence-electron chi connectivity index (χ2n) is 4.96. The largest absolute Gasteiger partial charge is 0.336 e. The summed E-state index contributed by atoms with van der Waals surface area (Å²) >= 11 is 1.49. The topological polar surface area (TPSA) is 49.4 Å². The van der Waals surface area contributed by atoms with E-state index in [0.717, 1.165) is 18.4 Å². The third-order valence-electron chi connectivity index (χ3n) is 3.42. The van der Waals surface area contributed by atoms with Gasteiger partial charge < -0.3 is 10.2 Å². The summed E-state index contributed by atoms with van der Waals surface area (Å²) < 4.78 is 0. The minimum atomic E-state index is -0.180. The van der Waals surface area contributed by atoms with Gasteiger partial charge in [0, 0.05) is 12.6 Å². The van der Waals surface area contributed by atoms with E-state index >= 15 is 0 Å². The van der Waals surface area contributed by atoms with Gasteiger partial charge in [-0.3, -0.25) is 9.59 Å². The van der Waals surface area contributed by atoms with Gasteiger partial charge in [-0.15, -0.1) is 11.8 Å². The summed E-state index contributed by atoms with van der Waals surface area (Å²) in [5, 5.41) is 4.73. The molecule has 1 aromatic carbocycles. The highest BCUT2D eigenvalue weighted by Crippen LogP contribution is 2.16. The fraction of sp³-hybridized carbons (Fsp3) is 0.375. The predicted octanol–water partition coefficient (Wildman–Crippen LogP) is 2.17. The first-order valence-corrected chi connectivity index (χ1v) is 8.32.